The lowest BCUT2D eigenvalue weighted by molar-refractivity contribution is 0.203. The molecule has 3 aromatic rings. The zero-order valence-corrected chi connectivity index (χ0v) is 17.7. The van der Waals surface area contributed by atoms with E-state index in [1.54, 1.807) is 19.5 Å². The lowest BCUT2D eigenvalue weighted by atomic mass is 10.1. The first-order chi connectivity index (χ1) is 13.6. The smallest absolute Gasteiger partial charge is 0.169 e. The quantitative estimate of drug-likeness (QED) is 0.428. The van der Waals surface area contributed by atoms with Crippen LogP contribution in [0.15, 0.2) is 42.7 Å². The van der Waals surface area contributed by atoms with Crippen LogP contribution in [0.2, 0.25) is 5.02 Å². The fourth-order valence-electron chi connectivity index (χ4n) is 3.26. The van der Waals surface area contributed by atoms with Crippen LogP contribution in [-0.2, 0) is 17.7 Å². The van der Waals surface area contributed by atoms with Gasteiger partial charge in [0.15, 0.2) is 5.11 Å². The molecule has 0 aliphatic rings. The van der Waals surface area contributed by atoms with Crippen molar-refractivity contribution in [2.75, 3.05) is 26.8 Å². The zero-order chi connectivity index (χ0) is 19.9. The number of halogens is 1. The number of aryl methyl sites for hydroxylation is 1. The van der Waals surface area contributed by atoms with Crippen molar-refractivity contribution in [3.63, 3.8) is 0 Å². The molecule has 0 radical (unpaired) electrons. The Balaban J connectivity index is 1.76. The number of aromatic amines is 1. The average molecular weight is 417 g/mol. The number of benzene rings is 1. The van der Waals surface area contributed by atoms with Gasteiger partial charge in [-0.05, 0) is 67.0 Å². The highest BCUT2D eigenvalue weighted by molar-refractivity contribution is 7.80. The topological polar surface area (TPSA) is 53.2 Å². The van der Waals surface area contributed by atoms with Gasteiger partial charge < -0.3 is 19.9 Å². The number of H-pyrrole nitrogens is 1. The minimum absolute atomic E-state index is 0.614. The van der Waals surface area contributed by atoms with Gasteiger partial charge in [0.05, 0.1) is 6.61 Å². The van der Waals surface area contributed by atoms with Crippen LogP contribution in [0, 0.1) is 6.92 Å². The lowest BCUT2D eigenvalue weighted by Crippen LogP contribution is -2.41. The number of nitrogens with one attached hydrogen (secondary N) is 2. The predicted octanol–water partition coefficient (Wildman–Crippen LogP) is 4.09. The van der Waals surface area contributed by atoms with Crippen molar-refractivity contribution in [2.24, 2.45) is 0 Å². The number of fused-ring (bicyclic) bond motifs is 1. The van der Waals surface area contributed by atoms with Gasteiger partial charge in [-0.2, -0.15) is 0 Å². The van der Waals surface area contributed by atoms with Gasteiger partial charge in [0.2, 0.25) is 0 Å². The molecule has 28 heavy (non-hydrogen) atoms. The van der Waals surface area contributed by atoms with Crippen molar-refractivity contribution in [2.45, 2.75) is 19.9 Å². The van der Waals surface area contributed by atoms with Crippen LogP contribution in [0.4, 0.5) is 0 Å². The number of nitrogens with zero attached hydrogens (tertiary/aromatic N) is 2. The summed E-state index contributed by atoms with van der Waals surface area (Å²) in [6.07, 6.45) is 4.48. The molecule has 148 valence electrons. The van der Waals surface area contributed by atoms with Crippen molar-refractivity contribution in [3.05, 3.63) is 64.6 Å². The fourth-order valence-corrected chi connectivity index (χ4v) is 3.69. The van der Waals surface area contributed by atoms with E-state index in [2.05, 4.69) is 27.1 Å². The summed E-state index contributed by atoms with van der Waals surface area (Å²) in [5, 5.41) is 5.93. The normalized spacial score (nSPS) is 11.0. The Bertz CT molecular complexity index is 929. The molecule has 1 aromatic carbocycles. The van der Waals surface area contributed by atoms with Gasteiger partial charge in [0.25, 0.3) is 0 Å². The van der Waals surface area contributed by atoms with Crippen molar-refractivity contribution < 1.29 is 4.74 Å². The molecule has 0 atom stereocenters. The van der Waals surface area contributed by atoms with E-state index in [1.165, 1.54) is 22.2 Å². The van der Waals surface area contributed by atoms with Crippen molar-refractivity contribution >= 4 is 39.8 Å². The second-order valence-corrected chi connectivity index (χ2v) is 7.49. The van der Waals surface area contributed by atoms with Crippen LogP contribution in [0.3, 0.4) is 0 Å². The molecule has 0 spiro atoms. The Morgan fingerprint density at radius 2 is 2.07 bits per heavy atom. The second kappa shape index (κ2) is 9.87. The van der Waals surface area contributed by atoms with Crippen LogP contribution < -0.4 is 5.32 Å². The molecule has 2 N–H and O–H groups in total. The predicted molar refractivity (Wildman–Crippen MR) is 119 cm³/mol. The number of methoxy groups -OCH3 is 1. The third kappa shape index (κ3) is 5.22. The Kier molecular flexibility index (Phi) is 7.25. The van der Waals surface area contributed by atoms with E-state index in [1.807, 2.05) is 30.3 Å². The minimum atomic E-state index is 0.614. The second-order valence-electron chi connectivity index (χ2n) is 6.67. The molecule has 7 heteroatoms. The molecule has 0 saturated carbocycles. The van der Waals surface area contributed by atoms with Crippen LogP contribution in [0.1, 0.15) is 16.8 Å². The highest BCUT2D eigenvalue weighted by atomic mass is 35.5. The zero-order valence-electron chi connectivity index (χ0n) is 16.2. The minimum Gasteiger partial charge on any atom is -0.383 e. The number of pyridine rings is 1. The number of hydrogen-bond acceptors (Lipinski definition) is 3. The standard InChI is InChI=1S/C21H25ClN4OS/c1-15-18(19-13-17(22)3-4-20(19)25-15)7-11-26(21(28)24-10-12-27-2)14-16-5-8-23-9-6-16/h3-6,8-9,13,25H,7,10-12,14H2,1-2H3,(H,24,28). The molecule has 0 aliphatic heterocycles. The lowest BCUT2D eigenvalue weighted by Gasteiger charge is -2.26. The van der Waals surface area contributed by atoms with Crippen molar-refractivity contribution in [3.8, 4) is 0 Å². The number of aromatic nitrogens is 2. The number of thiocarbonyl (C=S) groups is 1. The van der Waals surface area contributed by atoms with E-state index in [0.717, 1.165) is 35.2 Å². The SMILES string of the molecule is COCCNC(=S)N(CCc1c(C)[nH]c2ccc(Cl)cc12)Cc1ccncc1. The molecular weight excluding hydrogens is 392 g/mol. The van der Waals surface area contributed by atoms with Gasteiger partial charge in [0, 0.05) is 60.8 Å². The molecule has 0 saturated heterocycles. The summed E-state index contributed by atoms with van der Waals surface area (Å²) >= 11 is 11.9. The van der Waals surface area contributed by atoms with E-state index in [9.17, 15) is 0 Å². The van der Waals surface area contributed by atoms with Gasteiger partial charge in [-0.3, -0.25) is 4.98 Å². The Morgan fingerprint density at radius 1 is 1.29 bits per heavy atom. The Labute approximate surface area is 176 Å². The fraction of sp³-hybridized carbons (Fsp3) is 0.333. The van der Waals surface area contributed by atoms with Gasteiger partial charge >= 0.3 is 0 Å². The van der Waals surface area contributed by atoms with Crippen LogP contribution in [0.25, 0.3) is 10.9 Å². The van der Waals surface area contributed by atoms with Gasteiger partial charge in [-0.25, -0.2) is 0 Å². The molecule has 0 fully saturated rings. The van der Waals surface area contributed by atoms with E-state index in [-0.39, 0.29) is 0 Å². The molecule has 0 aliphatic carbocycles. The maximum absolute atomic E-state index is 6.22. The van der Waals surface area contributed by atoms with Crippen molar-refractivity contribution in [1.29, 1.82) is 0 Å². The molecule has 2 heterocycles. The summed E-state index contributed by atoms with van der Waals surface area (Å²) in [6.45, 7) is 4.92. The third-order valence-electron chi connectivity index (χ3n) is 4.71. The van der Waals surface area contributed by atoms with Crippen molar-refractivity contribution in [1.82, 2.24) is 20.2 Å². The highest BCUT2D eigenvalue weighted by Gasteiger charge is 2.14. The van der Waals surface area contributed by atoms with E-state index < -0.39 is 0 Å². The van der Waals surface area contributed by atoms with E-state index >= 15 is 0 Å². The number of ether oxygens (including phenoxy) is 1. The molecule has 0 bridgehead atoms. The Morgan fingerprint density at radius 3 is 2.82 bits per heavy atom. The molecule has 5 nitrogen and oxygen atoms in total. The monoisotopic (exact) mass is 416 g/mol. The maximum Gasteiger partial charge on any atom is 0.169 e. The first kappa shape index (κ1) is 20.6. The average Bonchev–Trinajstić information content (AvgIpc) is 3.00. The number of hydrogen-bond donors (Lipinski definition) is 2. The van der Waals surface area contributed by atoms with Gasteiger partial charge in [0.1, 0.15) is 0 Å². The number of rotatable bonds is 8. The summed E-state index contributed by atoms with van der Waals surface area (Å²) in [5.41, 5.74) is 4.72. The van der Waals surface area contributed by atoms with Crippen LogP contribution in [0.5, 0.6) is 0 Å². The van der Waals surface area contributed by atoms with E-state index in [0.29, 0.717) is 13.2 Å². The maximum atomic E-state index is 6.22. The van der Waals surface area contributed by atoms with Crippen LogP contribution >= 0.6 is 23.8 Å². The Hall–Kier alpha value is -2.15. The molecular formula is C21H25ClN4OS. The van der Waals surface area contributed by atoms with Gasteiger partial charge in [-0.1, -0.05) is 11.6 Å². The molecule has 3 rings (SSSR count). The molecule has 0 amide bonds. The largest absolute Gasteiger partial charge is 0.383 e. The summed E-state index contributed by atoms with van der Waals surface area (Å²) in [4.78, 5) is 9.73. The summed E-state index contributed by atoms with van der Waals surface area (Å²) in [7, 11) is 1.68. The molecule has 0 unspecified atom stereocenters. The first-order valence-electron chi connectivity index (χ1n) is 9.26. The van der Waals surface area contributed by atoms with Gasteiger partial charge in [-0.15, -0.1) is 0 Å². The third-order valence-corrected chi connectivity index (χ3v) is 5.34. The summed E-state index contributed by atoms with van der Waals surface area (Å²) in [6, 6.07) is 10.00. The summed E-state index contributed by atoms with van der Waals surface area (Å²) < 4.78 is 5.12. The first-order valence-corrected chi connectivity index (χ1v) is 10.0. The highest BCUT2D eigenvalue weighted by Crippen LogP contribution is 2.26. The van der Waals surface area contributed by atoms with E-state index in [4.69, 9.17) is 28.6 Å². The summed E-state index contributed by atoms with van der Waals surface area (Å²) in [5.74, 6) is 0. The molecule has 2 aromatic heterocycles. The van der Waals surface area contributed by atoms with Crippen LogP contribution in [-0.4, -0.2) is 46.8 Å².